The number of fused-ring (bicyclic) bond motifs is 3. The molecule has 0 aromatic heterocycles. The Kier molecular flexibility index (Phi) is 4.74. The van der Waals surface area contributed by atoms with Gasteiger partial charge in [0.15, 0.2) is 11.4 Å². The highest BCUT2D eigenvalue weighted by Crippen LogP contribution is 2.55. The second-order valence-electron chi connectivity index (χ2n) is 8.88. The molecule has 8 N–H and O–H groups in total. The van der Waals surface area contributed by atoms with Crippen molar-refractivity contribution in [3.8, 4) is 5.75 Å². The SMILES string of the molecule is C[C@H]1c2cccc(O)c2C(O)=C2C(=O)[C@]3(O)C(O)=C(C(N)=O)C(=O)[C@@H](N(C)C)[C@@H]3[C@H](N)[C@@H]21. The van der Waals surface area contributed by atoms with E-state index in [0.717, 1.165) is 0 Å². The average Bonchev–Trinajstić information content (AvgIpc) is 2.70. The van der Waals surface area contributed by atoms with Gasteiger partial charge in [0.2, 0.25) is 5.78 Å². The molecule has 10 heteroatoms. The zero-order chi connectivity index (χ0) is 23.9. The number of nitrogens with two attached hydrogens (primary N) is 2. The molecule has 3 aliphatic rings. The minimum atomic E-state index is -2.77. The number of amides is 1. The molecule has 0 aliphatic heterocycles. The number of Topliss-reactive ketones (excluding diaryl/α,β-unsaturated/α-hetero) is 2. The van der Waals surface area contributed by atoms with Gasteiger partial charge >= 0.3 is 0 Å². The molecular weight excluding hydrogens is 418 g/mol. The molecule has 170 valence electrons. The molecule has 1 aromatic carbocycles. The third-order valence-electron chi connectivity index (χ3n) is 7.09. The molecule has 32 heavy (non-hydrogen) atoms. The number of phenols is 1. The van der Waals surface area contributed by atoms with Crippen LogP contribution in [0, 0.1) is 11.8 Å². The van der Waals surface area contributed by atoms with Crippen molar-refractivity contribution < 1.29 is 34.8 Å². The normalized spacial score (nSPS) is 34.4. The smallest absolute Gasteiger partial charge is 0.255 e. The molecule has 1 amide bonds. The van der Waals surface area contributed by atoms with Crippen LogP contribution in [0.4, 0.5) is 0 Å². The summed E-state index contributed by atoms with van der Waals surface area (Å²) in [4.78, 5) is 40.2. The van der Waals surface area contributed by atoms with Gasteiger partial charge in [-0.15, -0.1) is 0 Å². The maximum Gasteiger partial charge on any atom is 0.255 e. The van der Waals surface area contributed by atoms with Gasteiger partial charge in [0.05, 0.1) is 11.6 Å². The lowest BCUT2D eigenvalue weighted by Crippen LogP contribution is -2.72. The van der Waals surface area contributed by atoms with Crippen LogP contribution in [0.15, 0.2) is 35.1 Å². The summed E-state index contributed by atoms with van der Waals surface area (Å²) >= 11 is 0. The second kappa shape index (κ2) is 6.89. The van der Waals surface area contributed by atoms with Crippen molar-refractivity contribution in [3.05, 3.63) is 46.2 Å². The Labute approximate surface area is 183 Å². The van der Waals surface area contributed by atoms with E-state index in [9.17, 15) is 34.8 Å². The predicted molar refractivity (Wildman–Crippen MR) is 112 cm³/mol. The maximum absolute atomic E-state index is 13.7. The predicted octanol–water partition coefficient (Wildman–Crippen LogP) is -0.538. The van der Waals surface area contributed by atoms with E-state index in [-0.39, 0.29) is 16.9 Å². The number of carbonyl (C=O) groups excluding carboxylic acids is 3. The average molecular weight is 443 g/mol. The number of ketones is 2. The van der Waals surface area contributed by atoms with Crippen molar-refractivity contribution in [2.45, 2.75) is 30.5 Å². The van der Waals surface area contributed by atoms with E-state index < -0.39 is 70.0 Å². The molecule has 0 bridgehead atoms. The molecule has 6 atom stereocenters. The minimum absolute atomic E-state index is 0.0310. The van der Waals surface area contributed by atoms with Crippen molar-refractivity contribution >= 4 is 23.2 Å². The first-order chi connectivity index (χ1) is 14.9. The molecule has 0 radical (unpaired) electrons. The quantitative estimate of drug-likeness (QED) is 0.326. The Balaban J connectivity index is 2.07. The number of carbonyl (C=O) groups is 3. The number of aliphatic hydroxyl groups is 3. The van der Waals surface area contributed by atoms with Gasteiger partial charge in [0.25, 0.3) is 5.91 Å². The number of hydrogen-bond acceptors (Lipinski definition) is 9. The van der Waals surface area contributed by atoms with Crippen molar-refractivity contribution in [3.63, 3.8) is 0 Å². The molecule has 0 heterocycles. The summed E-state index contributed by atoms with van der Waals surface area (Å²) in [6, 6.07) is 2.29. The molecule has 1 saturated carbocycles. The first-order valence-corrected chi connectivity index (χ1v) is 10.1. The van der Waals surface area contributed by atoms with E-state index >= 15 is 0 Å². The first-order valence-electron chi connectivity index (χ1n) is 10.1. The molecule has 4 rings (SSSR count). The summed E-state index contributed by atoms with van der Waals surface area (Å²) in [5.74, 6) is -7.90. The van der Waals surface area contributed by atoms with Crippen LogP contribution in [-0.4, -0.2) is 74.6 Å². The summed E-state index contributed by atoms with van der Waals surface area (Å²) in [6.07, 6.45) is 0. The van der Waals surface area contributed by atoms with Crippen LogP contribution in [-0.2, 0) is 14.4 Å². The van der Waals surface area contributed by atoms with Gasteiger partial charge < -0.3 is 31.9 Å². The van der Waals surface area contributed by atoms with Crippen LogP contribution in [0.2, 0.25) is 0 Å². The van der Waals surface area contributed by atoms with Gasteiger partial charge in [-0.1, -0.05) is 19.1 Å². The number of hydrogen-bond donors (Lipinski definition) is 6. The molecule has 0 saturated heterocycles. The Morgan fingerprint density at radius 1 is 1.16 bits per heavy atom. The number of aromatic hydroxyl groups is 1. The topological polar surface area (TPSA) is 187 Å². The molecule has 1 aromatic rings. The standard InChI is InChI=1S/C22H25N3O7/c1-7-8-5-4-6-9(26)11(8)17(27)12-10(7)15(23)14-16(25(2)3)18(28)13(21(24)31)20(30)22(14,32)19(12)29/h4-7,10,14-16,26-27,30,32H,23H2,1-3H3,(H2,24,31)/t7-,10+,14-,15+,16-,22-/m0/s1. The summed E-state index contributed by atoms with van der Waals surface area (Å²) in [7, 11) is 3.03. The fourth-order valence-electron chi connectivity index (χ4n) is 5.69. The molecule has 0 spiro atoms. The van der Waals surface area contributed by atoms with Gasteiger partial charge in [-0.25, -0.2) is 0 Å². The Bertz CT molecular complexity index is 1140. The number of rotatable bonds is 2. The summed E-state index contributed by atoms with van der Waals surface area (Å²) in [6.45, 7) is 1.76. The number of likely N-dealkylation sites (N-methyl/N-ethyl adjacent to an activating group) is 1. The van der Waals surface area contributed by atoms with Crippen molar-refractivity contribution in [1.82, 2.24) is 4.90 Å². The van der Waals surface area contributed by atoms with E-state index in [1.807, 2.05) is 0 Å². The maximum atomic E-state index is 13.7. The molecule has 3 aliphatic carbocycles. The minimum Gasteiger partial charge on any atom is -0.508 e. The summed E-state index contributed by atoms with van der Waals surface area (Å²) < 4.78 is 0. The Morgan fingerprint density at radius 2 is 1.78 bits per heavy atom. The highest BCUT2D eigenvalue weighted by Gasteiger charge is 2.67. The van der Waals surface area contributed by atoms with Crippen LogP contribution < -0.4 is 11.5 Å². The largest absolute Gasteiger partial charge is 0.508 e. The summed E-state index contributed by atoms with van der Waals surface area (Å²) in [5.41, 5.74) is 8.51. The first kappa shape index (κ1) is 22.0. The second-order valence-corrected chi connectivity index (χ2v) is 8.88. The van der Waals surface area contributed by atoms with Gasteiger partial charge in [0.1, 0.15) is 22.8 Å². The van der Waals surface area contributed by atoms with Gasteiger partial charge in [0, 0.05) is 23.5 Å². The summed E-state index contributed by atoms with van der Waals surface area (Å²) in [5, 5.41) is 43.7. The van der Waals surface area contributed by atoms with Gasteiger partial charge in [-0.2, -0.15) is 0 Å². The van der Waals surface area contributed by atoms with Crippen LogP contribution >= 0.6 is 0 Å². The fourth-order valence-corrected chi connectivity index (χ4v) is 5.69. The van der Waals surface area contributed by atoms with E-state index in [0.29, 0.717) is 5.56 Å². The zero-order valence-corrected chi connectivity index (χ0v) is 17.7. The zero-order valence-electron chi connectivity index (χ0n) is 17.7. The van der Waals surface area contributed by atoms with Crippen LogP contribution in [0.1, 0.15) is 24.0 Å². The number of nitrogens with zero attached hydrogens (tertiary/aromatic N) is 1. The lowest BCUT2D eigenvalue weighted by atomic mass is 9.53. The molecule has 0 unspecified atom stereocenters. The third-order valence-corrected chi connectivity index (χ3v) is 7.09. The highest BCUT2D eigenvalue weighted by atomic mass is 16.3. The van der Waals surface area contributed by atoms with Crippen molar-refractivity contribution in [2.75, 3.05) is 14.1 Å². The lowest BCUT2D eigenvalue weighted by Gasteiger charge is -2.54. The highest BCUT2D eigenvalue weighted by molar-refractivity contribution is 6.24. The van der Waals surface area contributed by atoms with Crippen LogP contribution in [0.3, 0.4) is 0 Å². The van der Waals surface area contributed by atoms with E-state index in [1.165, 1.54) is 25.1 Å². The number of benzene rings is 1. The van der Waals surface area contributed by atoms with Crippen molar-refractivity contribution in [1.29, 1.82) is 0 Å². The monoisotopic (exact) mass is 443 g/mol. The number of primary amides is 1. The van der Waals surface area contributed by atoms with Gasteiger partial charge in [-0.3, -0.25) is 19.3 Å². The van der Waals surface area contributed by atoms with E-state index in [4.69, 9.17) is 11.5 Å². The third kappa shape index (κ3) is 2.48. The molecular formula is C22H25N3O7. The number of aliphatic hydroxyl groups excluding tert-OH is 2. The van der Waals surface area contributed by atoms with Crippen molar-refractivity contribution in [2.24, 2.45) is 23.3 Å². The van der Waals surface area contributed by atoms with E-state index in [2.05, 4.69) is 0 Å². The van der Waals surface area contributed by atoms with Crippen LogP contribution in [0.5, 0.6) is 5.75 Å². The lowest BCUT2D eigenvalue weighted by molar-refractivity contribution is -0.156. The van der Waals surface area contributed by atoms with E-state index in [1.54, 1.807) is 19.1 Å². The van der Waals surface area contributed by atoms with Crippen LogP contribution in [0.25, 0.3) is 5.76 Å². The Morgan fingerprint density at radius 3 is 2.34 bits per heavy atom. The van der Waals surface area contributed by atoms with Gasteiger partial charge in [-0.05, 0) is 31.6 Å². The number of phenolic OH excluding ortho intramolecular Hbond substituents is 1. The Hall–Kier alpha value is -3.21. The fraction of sp³-hybridized carbons (Fsp3) is 0.409. The molecule has 1 fully saturated rings. The molecule has 10 nitrogen and oxygen atoms in total.